The second kappa shape index (κ2) is 9.98. The highest BCUT2D eigenvalue weighted by atomic mass is 16.5. The average molecular weight is 423 g/mol. The van der Waals surface area contributed by atoms with Crippen LogP contribution in [0.25, 0.3) is 11.1 Å². The molecule has 1 heterocycles. The Labute approximate surface area is 189 Å². The van der Waals surface area contributed by atoms with Crippen LogP contribution < -0.4 is 4.74 Å². The molecule has 2 atom stereocenters. The number of allylic oxidation sites excluding steroid dienone is 1. The quantitative estimate of drug-likeness (QED) is 0.444. The Morgan fingerprint density at radius 3 is 2.28 bits per heavy atom. The van der Waals surface area contributed by atoms with Crippen molar-refractivity contribution in [1.82, 2.24) is 4.90 Å². The number of likely N-dealkylation sites (tertiary alicyclic amines) is 1. The third kappa shape index (κ3) is 4.90. The molecule has 0 spiro atoms. The van der Waals surface area contributed by atoms with Crippen LogP contribution in [0.1, 0.15) is 24.0 Å². The van der Waals surface area contributed by atoms with Crippen LogP contribution in [0.3, 0.4) is 0 Å². The molecule has 0 aromatic heterocycles. The Hall–Kier alpha value is -3.84. The first kappa shape index (κ1) is 21.4. The fourth-order valence-corrected chi connectivity index (χ4v) is 4.19. The van der Waals surface area contributed by atoms with Gasteiger partial charge in [0.15, 0.2) is 0 Å². The van der Waals surface area contributed by atoms with Gasteiger partial charge in [-0.15, -0.1) is 6.58 Å². The van der Waals surface area contributed by atoms with E-state index in [0.717, 1.165) is 28.9 Å². The van der Waals surface area contributed by atoms with E-state index in [1.54, 1.807) is 0 Å². The molecule has 4 heteroatoms. The van der Waals surface area contributed by atoms with Crippen molar-refractivity contribution in [3.8, 4) is 22.9 Å². The molecular weight excluding hydrogens is 396 g/mol. The molecule has 0 bridgehead atoms. The van der Waals surface area contributed by atoms with Crippen molar-refractivity contribution in [2.45, 2.75) is 25.4 Å². The Kier molecular flexibility index (Phi) is 6.67. The molecule has 0 radical (unpaired) electrons. The van der Waals surface area contributed by atoms with Gasteiger partial charge in [0.25, 0.3) is 0 Å². The lowest BCUT2D eigenvalue weighted by atomic mass is 10.0. The van der Waals surface area contributed by atoms with Crippen LogP contribution >= 0.6 is 0 Å². The lowest BCUT2D eigenvalue weighted by molar-refractivity contribution is -0.132. The minimum absolute atomic E-state index is 0.0245. The molecule has 0 unspecified atom stereocenters. The van der Waals surface area contributed by atoms with Crippen molar-refractivity contribution in [2.75, 3.05) is 6.61 Å². The number of benzene rings is 3. The zero-order valence-electron chi connectivity index (χ0n) is 18.0. The smallest absolute Gasteiger partial charge is 0.226 e. The predicted molar refractivity (Wildman–Crippen MR) is 126 cm³/mol. The molecular formula is C28H26N2O2. The number of carbonyl (C=O) groups excluding carboxylic acids is 1. The van der Waals surface area contributed by atoms with E-state index in [1.807, 2.05) is 89.8 Å². The summed E-state index contributed by atoms with van der Waals surface area (Å²) in [5.74, 6) is 0.934. The molecule has 1 saturated heterocycles. The molecule has 3 aromatic rings. The fraction of sp³-hybridized carbons (Fsp3) is 0.214. The summed E-state index contributed by atoms with van der Waals surface area (Å²) >= 11 is 0. The van der Waals surface area contributed by atoms with E-state index in [4.69, 9.17) is 10.00 Å². The summed E-state index contributed by atoms with van der Waals surface area (Å²) in [6.45, 7) is 4.87. The predicted octanol–water partition coefficient (Wildman–Crippen LogP) is 5.60. The van der Waals surface area contributed by atoms with Gasteiger partial charge >= 0.3 is 0 Å². The summed E-state index contributed by atoms with van der Waals surface area (Å²) in [6.07, 6.45) is 3.30. The van der Waals surface area contributed by atoms with E-state index in [1.165, 1.54) is 0 Å². The first-order valence-corrected chi connectivity index (χ1v) is 10.9. The molecule has 1 amide bonds. The van der Waals surface area contributed by atoms with E-state index in [0.29, 0.717) is 25.1 Å². The van der Waals surface area contributed by atoms with Crippen LogP contribution in [0.15, 0.2) is 91.5 Å². The molecule has 0 saturated carbocycles. The maximum absolute atomic E-state index is 13.0. The highest BCUT2D eigenvalue weighted by Crippen LogP contribution is 2.30. The number of amides is 1. The Morgan fingerprint density at radius 2 is 1.66 bits per heavy atom. The number of nitrogens with zero attached hydrogens (tertiary/aromatic N) is 2. The third-order valence-electron chi connectivity index (χ3n) is 5.92. The number of rotatable bonds is 8. The normalized spacial score (nSPS) is 17.7. The number of hydrogen-bond acceptors (Lipinski definition) is 3. The molecule has 1 fully saturated rings. The standard InChI is InChI=1S/C28H26N2O2/c1-2-6-25-17-26(30(28(25)31)19-22-7-4-3-5-8-22)20-32-27-15-13-24(14-16-27)23-11-9-21(18-29)10-12-23/h2-5,7-16,25-26H,1,6,17,19-20H2/t25-,26+/m1/s1. The van der Waals surface area contributed by atoms with Crippen molar-refractivity contribution in [2.24, 2.45) is 5.92 Å². The summed E-state index contributed by atoms with van der Waals surface area (Å²) in [5.41, 5.74) is 3.89. The monoisotopic (exact) mass is 422 g/mol. The first-order valence-electron chi connectivity index (χ1n) is 10.9. The summed E-state index contributed by atoms with van der Waals surface area (Å²) in [4.78, 5) is 14.9. The molecule has 32 heavy (non-hydrogen) atoms. The minimum Gasteiger partial charge on any atom is -0.491 e. The zero-order chi connectivity index (χ0) is 22.3. The second-order valence-corrected chi connectivity index (χ2v) is 8.09. The molecule has 160 valence electrons. The number of carbonyl (C=O) groups is 1. The molecule has 3 aromatic carbocycles. The van der Waals surface area contributed by atoms with Crippen LogP contribution in [0, 0.1) is 17.2 Å². The highest BCUT2D eigenvalue weighted by molar-refractivity contribution is 5.81. The van der Waals surface area contributed by atoms with E-state index in [-0.39, 0.29) is 17.9 Å². The maximum Gasteiger partial charge on any atom is 0.226 e. The van der Waals surface area contributed by atoms with Gasteiger partial charge in [0, 0.05) is 12.5 Å². The van der Waals surface area contributed by atoms with E-state index >= 15 is 0 Å². The second-order valence-electron chi connectivity index (χ2n) is 8.09. The zero-order valence-corrected chi connectivity index (χ0v) is 18.0. The fourth-order valence-electron chi connectivity index (χ4n) is 4.19. The van der Waals surface area contributed by atoms with Crippen LogP contribution in [-0.4, -0.2) is 23.5 Å². The number of ether oxygens (including phenoxy) is 1. The lowest BCUT2D eigenvalue weighted by Gasteiger charge is -2.25. The van der Waals surface area contributed by atoms with Gasteiger partial charge in [-0.3, -0.25) is 4.79 Å². The van der Waals surface area contributed by atoms with Gasteiger partial charge in [-0.05, 0) is 53.8 Å². The average Bonchev–Trinajstić information content (AvgIpc) is 3.13. The van der Waals surface area contributed by atoms with E-state index in [2.05, 4.69) is 12.6 Å². The minimum atomic E-state index is -0.0245. The molecule has 0 N–H and O–H groups in total. The van der Waals surface area contributed by atoms with Gasteiger partial charge in [-0.1, -0.05) is 60.7 Å². The molecule has 1 aliphatic rings. The van der Waals surface area contributed by atoms with Gasteiger partial charge in [0.1, 0.15) is 12.4 Å². The summed E-state index contributed by atoms with van der Waals surface area (Å²) in [7, 11) is 0. The first-order chi connectivity index (χ1) is 15.7. The lowest BCUT2D eigenvalue weighted by Crippen LogP contribution is -2.36. The van der Waals surface area contributed by atoms with Crippen LogP contribution in [0.4, 0.5) is 0 Å². The third-order valence-corrected chi connectivity index (χ3v) is 5.92. The van der Waals surface area contributed by atoms with Crippen molar-refractivity contribution >= 4 is 5.91 Å². The van der Waals surface area contributed by atoms with Crippen LogP contribution in [0.5, 0.6) is 5.75 Å². The van der Waals surface area contributed by atoms with Crippen molar-refractivity contribution < 1.29 is 9.53 Å². The van der Waals surface area contributed by atoms with E-state index in [9.17, 15) is 4.79 Å². The number of nitriles is 1. The molecule has 4 nitrogen and oxygen atoms in total. The molecule has 1 aliphatic heterocycles. The van der Waals surface area contributed by atoms with Gasteiger partial charge in [0.2, 0.25) is 5.91 Å². The van der Waals surface area contributed by atoms with Gasteiger partial charge in [-0.2, -0.15) is 5.26 Å². The van der Waals surface area contributed by atoms with Crippen molar-refractivity contribution in [1.29, 1.82) is 5.26 Å². The van der Waals surface area contributed by atoms with Crippen LogP contribution in [-0.2, 0) is 11.3 Å². The highest BCUT2D eigenvalue weighted by Gasteiger charge is 2.38. The van der Waals surface area contributed by atoms with Crippen molar-refractivity contribution in [3.05, 3.63) is 103 Å². The van der Waals surface area contributed by atoms with E-state index < -0.39 is 0 Å². The maximum atomic E-state index is 13.0. The Balaban J connectivity index is 1.42. The summed E-state index contributed by atoms with van der Waals surface area (Å²) < 4.78 is 6.10. The number of hydrogen-bond donors (Lipinski definition) is 0. The van der Waals surface area contributed by atoms with Gasteiger partial charge < -0.3 is 9.64 Å². The SMILES string of the molecule is C=CC[C@@H]1C[C@@H](COc2ccc(-c3ccc(C#N)cc3)cc2)N(Cc2ccccc2)C1=O. The van der Waals surface area contributed by atoms with Crippen molar-refractivity contribution in [3.63, 3.8) is 0 Å². The molecule has 0 aliphatic carbocycles. The Bertz CT molecular complexity index is 1100. The van der Waals surface area contributed by atoms with Gasteiger partial charge in [0.05, 0.1) is 17.7 Å². The van der Waals surface area contributed by atoms with Gasteiger partial charge in [-0.25, -0.2) is 0 Å². The molecule has 4 rings (SSSR count). The Morgan fingerprint density at radius 1 is 1.00 bits per heavy atom. The topological polar surface area (TPSA) is 53.3 Å². The summed E-state index contributed by atoms with van der Waals surface area (Å²) in [6, 6.07) is 27.7. The summed E-state index contributed by atoms with van der Waals surface area (Å²) in [5, 5.41) is 8.95. The van der Waals surface area contributed by atoms with Crippen LogP contribution in [0.2, 0.25) is 0 Å². The largest absolute Gasteiger partial charge is 0.491 e.